The molecule has 0 radical (unpaired) electrons. The van der Waals surface area contributed by atoms with Gasteiger partial charge in [0.1, 0.15) is 5.75 Å². The highest BCUT2D eigenvalue weighted by Gasteiger charge is 2.32. The average Bonchev–Trinajstić information content (AvgIpc) is 2.73. The van der Waals surface area contributed by atoms with Crippen molar-refractivity contribution in [3.05, 3.63) is 29.8 Å². The monoisotopic (exact) mass is 396 g/mol. The number of methoxy groups -OCH3 is 2. The Morgan fingerprint density at radius 2 is 1.59 bits per heavy atom. The lowest BCUT2D eigenvalue weighted by atomic mass is 10.00. The summed E-state index contributed by atoms with van der Waals surface area (Å²) in [6.45, 7) is 3.40. The number of aryl methyl sites for hydroxylation is 1. The van der Waals surface area contributed by atoms with E-state index in [0.717, 1.165) is 50.1 Å². The van der Waals surface area contributed by atoms with Crippen LogP contribution >= 0.6 is 0 Å². The first-order chi connectivity index (χ1) is 13.0. The quantitative estimate of drug-likeness (QED) is 0.707. The van der Waals surface area contributed by atoms with Crippen LogP contribution in [0.15, 0.2) is 24.3 Å². The molecule has 0 unspecified atom stereocenters. The van der Waals surface area contributed by atoms with E-state index < -0.39 is 10.0 Å². The van der Waals surface area contributed by atoms with Crippen LogP contribution in [0.4, 0.5) is 0 Å². The number of benzene rings is 1. The van der Waals surface area contributed by atoms with Crippen molar-refractivity contribution in [3.8, 4) is 5.75 Å². The van der Waals surface area contributed by atoms with Crippen LogP contribution < -0.4 is 4.74 Å². The topological polar surface area (TPSA) is 59.1 Å². The molecule has 0 aliphatic carbocycles. The molecule has 0 atom stereocenters. The van der Waals surface area contributed by atoms with E-state index in [-0.39, 0.29) is 5.75 Å². The average molecular weight is 397 g/mol. The Morgan fingerprint density at radius 1 is 0.963 bits per heavy atom. The summed E-state index contributed by atoms with van der Waals surface area (Å²) in [5, 5.41) is 0. The molecule has 2 saturated heterocycles. The Balaban J connectivity index is 1.46. The number of rotatable bonds is 7. The molecule has 1 aromatic rings. The summed E-state index contributed by atoms with van der Waals surface area (Å²) in [6, 6.07) is 8.13. The predicted molar refractivity (Wildman–Crippen MR) is 107 cm³/mol. The Bertz CT molecular complexity index is 676. The third kappa shape index (κ3) is 5.44. The fraction of sp³-hybridized carbons (Fsp3) is 0.700. The van der Waals surface area contributed by atoms with Crippen LogP contribution in [0, 0.1) is 0 Å². The number of piperidine rings is 2. The summed E-state index contributed by atoms with van der Waals surface area (Å²) >= 11 is 0. The molecular weight excluding hydrogens is 364 g/mol. The van der Waals surface area contributed by atoms with Crippen molar-refractivity contribution in [1.82, 2.24) is 9.21 Å². The second-order valence-corrected chi connectivity index (χ2v) is 9.60. The van der Waals surface area contributed by atoms with Crippen molar-refractivity contribution in [2.24, 2.45) is 0 Å². The number of nitrogens with zero attached hydrogens (tertiary/aromatic N) is 2. The van der Waals surface area contributed by atoms with Crippen molar-refractivity contribution in [2.75, 3.05) is 46.2 Å². The maximum Gasteiger partial charge on any atom is 0.214 e. The molecule has 1 aromatic carbocycles. The zero-order valence-corrected chi connectivity index (χ0v) is 17.3. The molecule has 0 aromatic heterocycles. The third-order valence-electron chi connectivity index (χ3n) is 5.95. The number of likely N-dealkylation sites (tertiary alicyclic amines) is 1. The van der Waals surface area contributed by atoms with Gasteiger partial charge in [-0.3, -0.25) is 0 Å². The largest absolute Gasteiger partial charge is 0.497 e. The highest BCUT2D eigenvalue weighted by molar-refractivity contribution is 7.89. The van der Waals surface area contributed by atoms with Crippen molar-refractivity contribution < 1.29 is 17.9 Å². The molecule has 6 nitrogen and oxygen atoms in total. The predicted octanol–water partition coefficient (Wildman–Crippen LogP) is 2.14. The second-order valence-electron chi connectivity index (χ2n) is 7.52. The van der Waals surface area contributed by atoms with Gasteiger partial charge in [0.25, 0.3) is 0 Å². The molecule has 152 valence electrons. The first-order valence-corrected chi connectivity index (χ1v) is 11.5. The third-order valence-corrected chi connectivity index (χ3v) is 7.82. The summed E-state index contributed by atoms with van der Waals surface area (Å²) in [7, 11) is 0.215. The minimum Gasteiger partial charge on any atom is -0.497 e. The fourth-order valence-corrected chi connectivity index (χ4v) is 5.65. The molecule has 2 heterocycles. The zero-order chi connectivity index (χ0) is 19.3. The summed E-state index contributed by atoms with van der Waals surface area (Å²) in [6.07, 6.45) is 4.95. The number of sulfonamides is 1. The number of hydrogen-bond acceptors (Lipinski definition) is 5. The summed E-state index contributed by atoms with van der Waals surface area (Å²) in [5.41, 5.74) is 1.02. The Labute approximate surface area is 163 Å². The van der Waals surface area contributed by atoms with E-state index in [4.69, 9.17) is 9.47 Å². The summed E-state index contributed by atoms with van der Waals surface area (Å²) < 4.78 is 37.7. The highest BCUT2D eigenvalue weighted by Crippen LogP contribution is 2.24. The Hall–Kier alpha value is -1.15. The normalized spacial score (nSPS) is 21.4. The molecule has 7 heteroatoms. The van der Waals surface area contributed by atoms with Crippen LogP contribution in [-0.2, 0) is 21.2 Å². The van der Waals surface area contributed by atoms with E-state index in [2.05, 4.69) is 4.90 Å². The van der Waals surface area contributed by atoms with Crippen LogP contribution in [-0.4, -0.2) is 75.9 Å². The Kier molecular flexibility index (Phi) is 7.14. The summed E-state index contributed by atoms with van der Waals surface area (Å²) in [5.74, 6) is 0.960. The summed E-state index contributed by atoms with van der Waals surface area (Å²) in [4.78, 5) is 2.52. The van der Waals surface area contributed by atoms with Crippen molar-refractivity contribution in [1.29, 1.82) is 0 Å². The van der Waals surface area contributed by atoms with Gasteiger partial charge < -0.3 is 14.4 Å². The van der Waals surface area contributed by atoms with Crippen molar-refractivity contribution >= 4 is 10.0 Å². The molecule has 2 aliphatic heterocycles. The van der Waals surface area contributed by atoms with E-state index in [1.54, 1.807) is 18.5 Å². The molecule has 0 bridgehead atoms. The van der Waals surface area contributed by atoms with Gasteiger partial charge in [-0.25, -0.2) is 12.7 Å². The molecule has 3 rings (SSSR count). The molecule has 0 amide bonds. The van der Waals surface area contributed by atoms with Gasteiger partial charge in [-0.15, -0.1) is 0 Å². The molecule has 27 heavy (non-hydrogen) atoms. The van der Waals surface area contributed by atoms with Gasteiger partial charge in [0.2, 0.25) is 10.0 Å². The van der Waals surface area contributed by atoms with Crippen molar-refractivity contribution in [3.63, 3.8) is 0 Å². The van der Waals surface area contributed by atoms with Crippen LogP contribution in [0.2, 0.25) is 0 Å². The van der Waals surface area contributed by atoms with Gasteiger partial charge in [0.05, 0.1) is 19.0 Å². The van der Waals surface area contributed by atoms with Gasteiger partial charge in [-0.1, -0.05) is 12.1 Å². The van der Waals surface area contributed by atoms with E-state index in [1.165, 1.54) is 0 Å². The fourth-order valence-electron chi connectivity index (χ4n) is 4.13. The van der Waals surface area contributed by atoms with Gasteiger partial charge in [-0.05, 0) is 49.8 Å². The smallest absolute Gasteiger partial charge is 0.214 e. The van der Waals surface area contributed by atoms with E-state index in [9.17, 15) is 8.42 Å². The molecule has 2 aliphatic rings. The van der Waals surface area contributed by atoms with Crippen LogP contribution in [0.1, 0.15) is 31.2 Å². The second kappa shape index (κ2) is 9.37. The van der Waals surface area contributed by atoms with Gasteiger partial charge in [0, 0.05) is 39.3 Å². The minimum absolute atomic E-state index is 0.170. The lowest BCUT2D eigenvalue weighted by Gasteiger charge is -2.41. The van der Waals surface area contributed by atoms with E-state index in [0.29, 0.717) is 31.7 Å². The van der Waals surface area contributed by atoms with Gasteiger partial charge >= 0.3 is 0 Å². The van der Waals surface area contributed by atoms with E-state index >= 15 is 0 Å². The van der Waals surface area contributed by atoms with Crippen LogP contribution in [0.25, 0.3) is 0 Å². The first kappa shape index (κ1) is 20.6. The SMILES string of the molecule is COc1ccc(CCS(=O)(=O)N2CCC(N3CCC(OC)CC3)CC2)cc1. The van der Waals surface area contributed by atoms with Crippen molar-refractivity contribution in [2.45, 2.75) is 44.2 Å². The maximum absolute atomic E-state index is 12.7. The highest BCUT2D eigenvalue weighted by atomic mass is 32.2. The van der Waals surface area contributed by atoms with Gasteiger partial charge in [0.15, 0.2) is 0 Å². The standard InChI is InChI=1S/C20H32N2O4S/c1-25-19-5-3-17(4-6-19)11-16-27(23,24)22-14-7-18(8-15-22)21-12-9-20(26-2)10-13-21/h3-6,18,20H,7-16H2,1-2H3. The minimum atomic E-state index is -3.20. The molecular formula is C20H32N2O4S. The lowest BCUT2D eigenvalue weighted by molar-refractivity contribution is 0.0190. The Morgan fingerprint density at radius 3 is 2.15 bits per heavy atom. The lowest BCUT2D eigenvalue weighted by Crippen LogP contribution is -2.50. The molecule has 0 N–H and O–H groups in total. The van der Waals surface area contributed by atoms with Crippen LogP contribution in [0.3, 0.4) is 0 Å². The van der Waals surface area contributed by atoms with Crippen LogP contribution in [0.5, 0.6) is 5.75 Å². The number of ether oxygens (including phenoxy) is 2. The van der Waals surface area contributed by atoms with Gasteiger partial charge in [-0.2, -0.15) is 0 Å². The molecule has 2 fully saturated rings. The maximum atomic E-state index is 12.7. The first-order valence-electron chi connectivity index (χ1n) is 9.89. The number of hydrogen-bond donors (Lipinski definition) is 0. The molecule has 0 saturated carbocycles. The molecule has 0 spiro atoms. The van der Waals surface area contributed by atoms with E-state index in [1.807, 2.05) is 24.3 Å². The zero-order valence-electron chi connectivity index (χ0n) is 16.5.